The van der Waals surface area contributed by atoms with E-state index in [4.69, 9.17) is 4.74 Å². The summed E-state index contributed by atoms with van der Waals surface area (Å²) in [5.41, 5.74) is -0.157. The smallest absolute Gasteiger partial charge is 0.252 e. The molecular weight excluding hydrogens is 234 g/mol. The van der Waals surface area contributed by atoms with Crippen LogP contribution in [0.2, 0.25) is 0 Å². The van der Waals surface area contributed by atoms with Gasteiger partial charge in [-0.1, -0.05) is 0 Å². The summed E-state index contributed by atoms with van der Waals surface area (Å²) in [5, 5.41) is 21.6. The average molecular weight is 251 g/mol. The summed E-state index contributed by atoms with van der Waals surface area (Å²) in [6.45, 7) is 3.12. The van der Waals surface area contributed by atoms with Gasteiger partial charge in [0.1, 0.15) is 11.5 Å². The van der Waals surface area contributed by atoms with Crippen molar-refractivity contribution in [3.63, 3.8) is 0 Å². The Hall–Kier alpha value is -1.75. The molecule has 0 aliphatic carbocycles. The zero-order valence-corrected chi connectivity index (χ0v) is 10.3. The van der Waals surface area contributed by atoms with Gasteiger partial charge in [0.05, 0.1) is 12.1 Å². The summed E-state index contributed by atoms with van der Waals surface area (Å²) < 4.78 is 5.36. The molecule has 1 unspecified atom stereocenters. The molecule has 1 fully saturated rings. The van der Waals surface area contributed by atoms with Crippen molar-refractivity contribution in [2.45, 2.75) is 25.3 Å². The Bertz CT molecular complexity index is 432. The fraction of sp³-hybridized carbons (Fsp3) is 0.462. The first kappa shape index (κ1) is 12.7. The van der Waals surface area contributed by atoms with Crippen molar-refractivity contribution in [3.05, 3.63) is 23.8 Å². The molecule has 0 bridgehead atoms. The lowest BCUT2D eigenvalue weighted by Crippen LogP contribution is -2.51. The lowest BCUT2D eigenvalue weighted by Gasteiger charge is -2.34. The van der Waals surface area contributed by atoms with Crippen LogP contribution in [0.5, 0.6) is 11.5 Å². The number of amides is 1. The molecule has 1 aromatic carbocycles. The predicted molar refractivity (Wildman–Crippen MR) is 65.7 cm³/mol. The minimum Gasteiger partial charge on any atom is -0.508 e. The molecule has 1 aromatic rings. The molecule has 1 heterocycles. The maximum Gasteiger partial charge on any atom is 0.252 e. The number of hydrogen-bond donors (Lipinski definition) is 3. The van der Waals surface area contributed by atoms with E-state index in [0.717, 1.165) is 19.4 Å². The molecule has 5 nitrogen and oxygen atoms in total. The standard InChI is InChI=1S/C13H17NO4/c1-13(3-2-4-18-8-13)14-12(17)9-5-10(15)7-11(16)6-9/h5-7,15-16H,2-4,8H2,1H3,(H,14,17). The first-order valence-corrected chi connectivity index (χ1v) is 5.92. The third kappa shape index (κ3) is 2.92. The number of carbonyl (C=O) groups excluding carboxylic acids is 1. The van der Waals surface area contributed by atoms with Crippen molar-refractivity contribution in [1.82, 2.24) is 5.32 Å². The number of phenols is 2. The zero-order chi connectivity index (χ0) is 13.2. The van der Waals surface area contributed by atoms with Gasteiger partial charge >= 0.3 is 0 Å². The van der Waals surface area contributed by atoms with Crippen LogP contribution in [0, 0.1) is 0 Å². The highest BCUT2D eigenvalue weighted by Crippen LogP contribution is 2.22. The molecule has 1 amide bonds. The Morgan fingerprint density at radius 3 is 2.56 bits per heavy atom. The van der Waals surface area contributed by atoms with Crippen LogP contribution in [0.4, 0.5) is 0 Å². The summed E-state index contributed by atoms with van der Waals surface area (Å²) in [6.07, 6.45) is 1.76. The minimum absolute atomic E-state index is 0.134. The van der Waals surface area contributed by atoms with E-state index in [2.05, 4.69) is 5.32 Å². The Kier molecular flexibility index (Phi) is 3.43. The maximum absolute atomic E-state index is 12.0. The molecule has 5 heteroatoms. The highest BCUT2D eigenvalue weighted by atomic mass is 16.5. The van der Waals surface area contributed by atoms with Gasteiger partial charge in [-0.2, -0.15) is 0 Å². The number of hydrogen-bond acceptors (Lipinski definition) is 4. The van der Waals surface area contributed by atoms with E-state index in [1.165, 1.54) is 18.2 Å². The molecule has 2 rings (SSSR count). The summed E-state index contributed by atoms with van der Waals surface area (Å²) in [6, 6.07) is 3.83. The topological polar surface area (TPSA) is 78.8 Å². The first-order chi connectivity index (χ1) is 8.48. The van der Waals surface area contributed by atoms with Crippen LogP contribution >= 0.6 is 0 Å². The van der Waals surface area contributed by atoms with Gasteiger partial charge < -0.3 is 20.3 Å². The summed E-state index contributed by atoms with van der Waals surface area (Å²) in [4.78, 5) is 12.0. The van der Waals surface area contributed by atoms with Gasteiger partial charge in [0.2, 0.25) is 0 Å². The zero-order valence-electron chi connectivity index (χ0n) is 10.3. The number of carbonyl (C=O) groups is 1. The highest BCUT2D eigenvalue weighted by molar-refractivity contribution is 5.95. The van der Waals surface area contributed by atoms with Crippen molar-refractivity contribution in [2.24, 2.45) is 0 Å². The summed E-state index contributed by atoms with van der Waals surface area (Å²) >= 11 is 0. The monoisotopic (exact) mass is 251 g/mol. The Balaban J connectivity index is 2.11. The number of aromatic hydroxyl groups is 2. The van der Waals surface area contributed by atoms with Crippen LogP contribution < -0.4 is 5.32 Å². The quantitative estimate of drug-likeness (QED) is 0.742. The maximum atomic E-state index is 12.0. The van der Waals surface area contributed by atoms with Gasteiger partial charge in [-0.25, -0.2) is 0 Å². The second-order valence-electron chi connectivity index (χ2n) is 4.91. The van der Waals surface area contributed by atoms with Crippen LogP contribution in [0.1, 0.15) is 30.1 Å². The molecule has 3 N–H and O–H groups in total. The van der Waals surface area contributed by atoms with Crippen molar-refractivity contribution in [2.75, 3.05) is 13.2 Å². The number of phenolic OH excluding ortho intramolecular Hbond substituents is 2. The molecule has 0 aromatic heterocycles. The van der Waals surface area contributed by atoms with Crippen molar-refractivity contribution >= 4 is 5.91 Å². The number of benzene rings is 1. The first-order valence-electron chi connectivity index (χ1n) is 5.92. The normalized spacial score (nSPS) is 23.6. The predicted octanol–water partition coefficient (Wildman–Crippen LogP) is 1.40. The fourth-order valence-corrected chi connectivity index (χ4v) is 2.11. The number of ether oxygens (including phenoxy) is 1. The van der Waals surface area contributed by atoms with E-state index in [1.54, 1.807) is 0 Å². The van der Waals surface area contributed by atoms with Crippen molar-refractivity contribution in [3.8, 4) is 11.5 Å². The summed E-state index contributed by atoms with van der Waals surface area (Å²) in [5.74, 6) is -0.593. The lowest BCUT2D eigenvalue weighted by atomic mass is 9.94. The molecule has 0 radical (unpaired) electrons. The molecule has 0 spiro atoms. The molecule has 1 aliphatic heterocycles. The molecule has 1 saturated heterocycles. The SMILES string of the molecule is CC1(NC(=O)c2cc(O)cc(O)c2)CCCOC1. The van der Waals surface area contributed by atoms with Crippen molar-refractivity contribution in [1.29, 1.82) is 0 Å². The molecular formula is C13H17NO4. The summed E-state index contributed by atoms with van der Waals surface area (Å²) in [7, 11) is 0. The number of nitrogens with one attached hydrogen (secondary N) is 1. The molecule has 98 valence electrons. The molecule has 1 atom stereocenters. The van der Waals surface area contributed by atoms with E-state index in [1.807, 2.05) is 6.92 Å². The molecule has 0 saturated carbocycles. The number of rotatable bonds is 2. The van der Waals surface area contributed by atoms with Crippen LogP contribution in [0.3, 0.4) is 0 Å². The molecule has 18 heavy (non-hydrogen) atoms. The Morgan fingerprint density at radius 1 is 1.33 bits per heavy atom. The Labute approximate surface area is 105 Å². The minimum atomic E-state index is -0.392. The van der Waals surface area contributed by atoms with Gasteiger partial charge in [0.15, 0.2) is 0 Å². The lowest BCUT2D eigenvalue weighted by molar-refractivity contribution is 0.0272. The Morgan fingerprint density at radius 2 is 2.00 bits per heavy atom. The van der Waals surface area contributed by atoms with E-state index in [9.17, 15) is 15.0 Å². The second-order valence-corrected chi connectivity index (χ2v) is 4.91. The van der Waals surface area contributed by atoms with Gasteiger partial charge in [-0.15, -0.1) is 0 Å². The highest BCUT2D eigenvalue weighted by Gasteiger charge is 2.29. The third-order valence-electron chi connectivity index (χ3n) is 3.02. The molecule has 1 aliphatic rings. The van der Waals surface area contributed by atoms with Crippen LogP contribution in [0.15, 0.2) is 18.2 Å². The van der Waals surface area contributed by atoms with Crippen LogP contribution in [-0.2, 0) is 4.74 Å². The van der Waals surface area contributed by atoms with E-state index in [0.29, 0.717) is 6.61 Å². The van der Waals surface area contributed by atoms with Crippen molar-refractivity contribution < 1.29 is 19.7 Å². The fourth-order valence-electron chi connectivity index (χ4n) is 2.11. The average Bonchev–Trinajstić information content (AvgIpc) is 2.28. The van der Waals surface area contributed by atoms with Gasteiger partial charge in [-0.3, -0.25) is 4.79 Å². The second kappa shape index (κ2) is 4.86. The van der Waals surface area contributed by atoms with Gasteiger partial charge in [0, 0.05) is 18.2 Å². The van der Waals surface area contributed by atoms with Gasteiger partial charge in [-0.05, 0) is 31.9 Å². The third-order valence-corrected chi connectivity index (χ3v) is 3.02. The van der Waals surface area contributed by atoms with Crippen LogP contribution in [-0.4, -0.2) is 34.9 Å². The van der Waals surface area contributed by atoms with Gasteiger partial charge in [0.25, 0.3) is 5.91 Å². The van der Waals surface area contributed by atoms with Crippen LogP contribution in [0.25, 0.3) is 0 Å². The van der Waals surface area contributed by atoms with E-state index < -0.39 is 5.54 Å². The van der Waals surface area contributed by atoms with E-state index >= 15 is 0 Å². The van der Waals surface area contributed by atoms with E-state index in [-0.39, 0.29) is 23.0 Å². The largest absolute Gasteiger partial charge is 0.508 e.